The summed E-state index contributed by atoms with van der Waals surface area (Å²) in [6.07, 6.45) is -10.4. The van der Waals surface area contributed by atoms with Gasteiger partial charge in [-0.1, -0.05) is 0 Å². The number of anilines is 1. The minimum Gasteiger partial charge on any atom is -0.394 e. The fraction of sp³-hybridized carbons (Fsp3) is 0.500. The lowest BCUT2D eigenvalue weighted by Gasteiger charge is -2.24. The van der Waals surface area contributed by atoms with E-state index in [9.17, 15) is 38.7 Å². The molecule has 10 atom stereocenters. The number of nitrogens with two attached hydrogens (primary N) is 1. The van der Waals surface area contributed by atoms with Gasteiger partial charge < -0.3 is 35.3 Å². The van der Waals surface area contributed by atoms with Crippen LogP contribution in [0.2, 0.25) is 0 Å². The summed E-state index contributed by atoms with van der Waals surface area (Å²) in [6, 6.07) is 0. The molecule has 2 saturated heterocycles. The van der Waals surface area contributed by atoms with Crippen molar-refractivity contribution in [1.29, 1.82) is 0 Å². The molecule has 22 nitrogen and oxygen atoms in total. The van der Waals surface area contributed by atoms with Crippen LogP contribution in [0.4, 0.5) is 10.3 Å². The van der Waals surface area contributed by atoms with Crippen molar-refractivity contribution in [2.45, 2.75) is 49.1 Å². The number of aliphatic hydroxyl groups is 2. The summed E-state index contributed by atoms with van der Waals surface area (Å²) in [5.41, 5.74) is 3.68. The number of fused-ring (bicyclic) bond motifs is 2. The molecule has 4 aromatic rings. The summed E-state index contributed by atoms with van der Waals surface area (Å²) in [7, 11) is -8.63. The molecular formula is C20H23FN9O13P2+. The maximum Gasteiger partial charge on any atom is 0.695 e. The van der Waals surface area contributed by atoms with Crippen LogP contribution >= 0.6 is 16.1 Å². The molecule has 6 heterocycles. The number of phosphoric acid groups is 1. The number of halogens is 1. The number of alkyl halides is 1. The van der Waals surface area contributed by atoms with E-state index in [0.29, 0.717) is 0 Å². The van der Waals surface area contributed by atoms with Gasteiger partial charge in [-0.3, -0.25) is 32.8 Å². The van der Waals surface area contributed by atoms with Gasteiger partial charge >= 0.3 is 16.1 Å². The van der Waals surface area contributed by atoms with E-state index in [2.05, 4.69) is 29.9 Å². The van der Waals surface area contributed by atoms with E-state index in [1.807, 2.05) is 0 Å². The SMILES string of the molecule is Nc1nc2c(ncn2[C@@H]2O[C@H](CO)[C@@H](O)[C@H]2OP(=O)(O)OC[C@H]2O[C@@H](n3cnc4c(=O)[nH]cnc43)[C@@H](F)[C@@H]2O[P+](=O)O)c(=O)[nH]1. The molecule has 2 aliphatic rings. The number of hydrogen-bond donors (Lipinski definition) is 7. The van der Waals surface area contributed by atoms with Crippen molar-refractivity contribution in [3.63, 3.8) is 0 Å². The van der Waals surface area contributed by atoms with Crippen molar-refractivity contribution in [1.82, 2.24) is 39.0 Å². The highest BCUT2D eigenvalue weighted by molar-refractivity contribution is 7.47. The number of nitrogens with one attached hydrogen (secondary N) is 2. The molecule has 8 N–H and O–H groups in total. The van der Waals surface area contributed by atoms with Gasteiger partial charge in [0.25, 0.3) is 11.1 Å². The zero-order valence-corrected chi connectivity index (χ0v) is 24.1. The number of ether oxygens (including phenoxy) is 2. The lowest BCUT2D eigenvalue weighted by Crippen LogP contribution is -2.36. The van der Waals surface area contributed by atoms with Crippen molar-refractivity contribution in [2.75, 3.05) is 18.9 Å². The molecule has 0 saturated carbocycles. The number of aromatic amines is 2. The van der Waals surface area contributed by atoms with E-state index in [1.165, 1.54) is 0 Å². The Labute approximate surface area is 248 Å². The first-order valence-electron chi connectivity index (χ1n) is 12.7. The van der Waals surface area contributed by atoms with E-state index >= 15 is 4.39 Å². The molecule has 0 amide bonds. The van der Waals surface area contributed by atoms with Gasteiger partial charge in [0.15, 0.2) is 47.1 Å². The van der Waals surface area contributed by atoms with Gasteiger partial charge in [0, 0.05) is 4.57 Å². The first-order valence-corrected chi connectivity index (χ1v) is 15.4. The summed E-state index contributed by atoms with van der Waals surface area (Å²) in [6.45, 7) is -1.72. The molecule has 0 bridgehead atoms. The van der Waals surface area contributed by atoms with Crippen LogP contribution in [0, 0.1) is 0 Å². The van der Waals surface area contributed by atoms with E-state index in [4.69, 9.17) is 28.8 Å². The second-order valence-electron chi connectivity index (χ2n) is 9.72. The Morgan fingerprint density at radius 2 is 1.73 bits per heavy atom. The molecule has 2 aliphatic heterocycles. The Morgan fingerprint density at radius 3 is 2.42 bits per heavy atom. The molecule has 2 unspecified atom stereocenters. The van der Waals surface area contributed by atoms with Gasteiger partial charge in [-0.25, -0.2) is 23.9 Å². The predicted molar refractivity (Wildman–Crippen MR) is 142 cm³/mol. The van der Waals surface area contributed by atoms with Crippen molar-refractivity contribution in [3.05, 3.63) is 39.7 Å². The van der Waals surface area contributed by atoms with E-state index in [-0.39, 0.29) is 28.3 Å². The Morgan fingerprint density at radius 1 is 1.07 bits per heavy atom. The maximum absolute atomic E-state index is 15.5. The number of aromatic nitrogens is 8. The fourth-order valence-electron chi connectivity index (χ4n) is 5.02. The average Bonchev–Trinajstić information content (AvgIpc) is 3.73. The highest BCUT2D eigenvalue weighted by Crippen LogP contribution is 2.50. The van der Waals surface area contributed by atoms with E-state index < -0.39 is 89.6 Å². The summed E-state index contributed by atoms with van der Waals surface area (Å²) in [5.74, 6) is -0.297. The number of phosphoric ester groups is 1. The number of rotatable bonds is 10. The molecular weight excluding hydrogens is 655 g/mol. The summed E-state index contributed by atoms with van der Waals surface area (Å²) in [5, 5.41) is 20.4. The standard InChI is InChI=1S/C20H22FN9O13P2/c21-8-12(42-44(35)36)7(41-18(8)29-4-25-9-14(29)23-3-24-16(9)33)2-39-45(37,38)43-13-11(32)6(1-31)40-19(13)30-5-26-10-15(30)27-20(22)28-17(10)34/h3-8,11-13,18-19,31-32H,1-2H2,(H5-,22,23,24,27,28,33,34,35,36,37,38)/p+1/t6-,7-,8+,11-,12-,13-,18-,19-/m1/s1. The third-order valence-electron chi connectivity index (χ3n) is 6.99. The quantitative estimate of drug-likeness (QED) is 0.0880. The first kappa shape index (κ1) is 31.4. The topological polar surface area (TPSA) is 314 Å². The molecule has 6 rings (SSSR count). The van der Waals surface area contributed by atoms with Crippen molar-refractivity contribution < 1.29 is 56.6 Å². The van der Waals surface area contributed by atoms with Gasteiger partial charge in [-0.2, -0.15) is 4.98 Å². The lowest BCUT2D eigenvalue weighted by molar-refractivity contribution is -0.0589. The number of aliphatic hydroxyl groups excluding tert-OH is 2. The molecule has 45 heavy (non-hydrogen) atoms. The van der Waals surface area contributed by atoms with Crippen LogP contribution in [0.15, 0.2) is 28.6 Å². The number of hydrogen-bond acceptors (Lipinski definition) is 16. The fourth-order valence-corrected chi connectivity index (χ4v) is 6.41. The molecule has 0 spiro atoms. The van der Waals surface area contributed by atoms with Crippen LogP contribution < -0.4 is 16.9 Å². The van der Waals surface area contributed by atoms with Gasteiger partial charge in [-0.15, -0.1) is 9.42 Å². The Hall–Kier alpha value is -3.60. The minimum atomic E-state index is -5.23. The van der Waals surface area contributed by atoms with Crippen LogP contribution in [0.25, 0.3) is 22.3 Å². The smallest absolute Gasteiger partial charge is 0.394 e. The monoisotopic (exact) mass is 678 g/mol. The number of H-pyrrole nitrogens is 2. The lowest BCUT2D eigenvalue weighted by atomic mass is 10.1. The molecule has 0 aliphatic carbocycles. The van der Waals surface area contributed by atoms with Crippen molar-refractivity contribution in [3.8, 4) is 0 Å². The number of nitrogen functional groups attached to an aromatic ring is 1. The third kappa shape index (κ3) is 5.79. The number of imidazole rings is 2. The average molecular weight is 678 g/mol. The second kappa shape index (κ2) is 12.0. The Kier molecular flexibility index (Phi) is 8.34. The highest BCUT2D eigenvalue weighted by atomic mass is 31.2. The molecule has 242 valence electrons. The summed E-state index contributed by atoms with van der Waals surface area (Å²) < 4.78 is 68.4. The molecule has 0 aromatic carbocycles. The second-order valence-corrected chi connectivity index (χ2v) is 11.8. The molecule has 2 fully saturated rings. The zero-order valence-electron chi connectivity index (χ0n) is 22.3. The first-order chi connectivity index (χ1) is 21.4. The molecule has 0 radical (unpaired) electrons. The zero-order chi connectivity index (χ0) is 32.2. The minimum absolute atomic E-state index is 0.0961. The number of nitrogens with zero attached hydrogens (tertiary/aromatic N) is 6. The summed E-state index contributed by atoms with van der Waals surface area (Å²) >= 11 is 0. The normalized spacial score (nSPS) is 30.3. The predicted octanol–water partition coefficient (Wildman–Crippen LogP) is -2.14. The summed E-state index contributed by atoms with van der Waals surface area (Å²) in [4.78, 5) is 64.3. The van der Waals surface area contributed by atoms with Gasteiger partial charge in [0.1, 0.15) is 24.4 Å². The molecule has 25 heteroatoms. The van der Waals surface area contributed by atoms with Crippen molar-refractivity contribution >= 4 is 44.4 Å². The van der Waals surface area contributed by atoms with E-state index in [0.717, 1.165) is 28.1 Å². The third-order valence-corrected chi connectivity index (χ3v) is 8.40. The highest BCUT2D eigenvalue weighted by Gasteiger charge is 2.53. The molecule has 4 aromatic heterocycles. The van der Waals surface area contributed by atoms with Crippen molar-refractivity contribution in [2.24, 2.45) is 0 Å². The van der Waals surface area contributed by atoms with Gasteiger partial charge in [0.05, 0.1) is 32.2 Å². The van der Waals surface area contributed by atoms with Crippen LogP contribution in [0.3, 0.4) is 0 Å². The van der Waals surface area contributed by atoms with Crippen LogP contribution in [-0.4, -0.2) is 109 Å². The van der Waals surface area contributed by atoms with Gasteiger partial charge in [0.2, 0.25) is 5.95 Å². The van der Waals surface area contributed by atoms with E-state index in [1.54, 1.807) is 0 Å². The van der Waals surface area contributed by atoms with Gasteiger partial charge in [-0.05, 0) is 0 Å². The largest absolute Gasteiger partial charge is 0.695 e. The van der Waals surface area contributed by atoms with Crippen LogP contribution in [0.1, 0.15) is 12.5 Å². The Bertz CT molecular complexity index is 1920. The maximum atomic E-state index is 15.5. The Balaban J connectivity index is 1.23. The van der Waals surface area contributed by atoms with Crippen LogP contribution in [-0.2, 0) is 32.2 Å². The van der Waals surface area contributed by atoms with Crippen LogP contribution in [0.5, 0.6) is 0 Å².